The van der Waals surface area contributed by atoms with Crippen LogP contribution in [0.2, 0.25) is 0 Å². The summed E-state index contributed by atoms with van der Waals surface area (Å²) < 4.78 is 9.30. The van der Waals surface area contributed by atoms with Gasteiger partial charge in [0.1, 0.15) is 18.5 Å². The maximum Gasteiger partial charge on any atom is 0.329 e. The monoisotopic (exact) mass is 526 g/mol. The zero-order valence-corrected chi connectivity index (χ0v) is 20.1. The SMILES string of the molecule is C/C(=N\Nc1nc2c(c(=O)[nH]c(=O)n2C)n1CC(O)COc1ccccc1)c1ccc(Br)cc1. The number of rotatable bonds is 8. The zero-order valence-electron chi connectivity index (χ0n) is 18.5. The number of aryl methyl sites for hydroxylation is 1. The molecule has 0 radical (unpaired) electrons. The van der Waals surface area contributed by atoms with Crippen molar-refractivity contribution in [1.29, 1.82) is 0 Å². The first-order valence-corrected chi connectivity index (χ1v) is 11.2. The molecule has 3 N–H and O–H groups in total. The Morgan fingerprint density at radius 2 is 1.91 bits per heavy atom. The van der Waals surface area contributed by atoms with Crippen LogP contribution >= 0.6 is 15.9 Å². The molecular weight excluding hydrogens is 504 g/mol. The minimum absolute atomic E-state index is 0.00597. The second-order valence-corrected chi connectivity index (χ2v) is 8.55. The van der Waals surface area contributed by atoms with Gasteiger partial charge in [0.2, 0.25) is 5.95 Å². The molecule has 0 aliphatic carbocycles. The third kappa shape index (κ3) is 5.10. The molecule has 4 rings (SSSR count). The second-order valence-electron chi connectivity index (χ2n) is 7.63. The molecule has 0 aliphatic rings. The average Bonchev–Trinajstić information content (AvgIpc) is 3.19. The van der Waals surface area contributed by atoms with E-state index in [1.54, 1.807) is 12.1 Å². The third-order valence-electron chi connectivity index (χ3n) is 5.17. The number of aliphatic hydroxyl groups is 1. The largest absolute Gasteiger partial charge is 0.491 e. The van der Waals surface area contributed by atoms with Crippen molar-refractivity contribution in [2.75, 3.05) is 12.0 Å². The van der Waals surface area contributed by atoms with Gasteiger partial charge >= 0.3 is 5.69 Å². The van der Waals surface area contributed by atoms with Crippen molar-refractivity contribution in [2.45, 2.75) is 19.6 Å². The van der Waals surface area contributed by atoms with Gasteiger partial charge in [0.25, 0.3) is 5.56 Å². The van der Waals surface area contributed by atoms with E-state index in [0.29, 0.717) is 11.5 Å². The van der Waals surface area contributed by atoms with E-state index in [-0.39, 0.29) is 30.3 Å². The molecular formula is C23H23BrN6O4. The normalized spacial score (nSPS) is 12.6. The molecule has 34 heavy (non-hydrogen) atoms. The molecule has 0 aliphatic heterocycles. The summed E-state index contributed by atoms with van der Waals surface area (Å²) in [6.45, 7) is 1.81. The van der Waals surface area contributed by atoms with E-state index in [1.165, 1.54) is 16.2 Å². The van der Waals surface area contributed by atoms with Crippen molar-refractivity contribution < 1.29 is 9.84 Å². The summed E-state index contributed by atoms with van der Waals surface area (Å²) in [6.07, 6.45) is -0.966. The molecule has 1 atom stereocenters. The molecule has 4 aromatic rings. The highest BCUT2D eigenvalue weighted by Crippen LogP contribution is 2.18. The maximum absolute atomic E-state index is 12.6. The standard InChI is InChI=1S/C23H23BrN6O4/c1-14(15-8-10-16(24)11-9-15)27-28-22-25-20-19(21(32)26-23(33)29(20)2)30(22)12-17(31)13-34-18-6-4-3-5-7-18/h3-11,17,31H,12-13H2,1-2H3,(H,25,28)(H,26,32,33)/b27-14+. The van der Waals surface area contributed by atoms with Crippen molar-refractivity contribution in [2.24, 2.45) is 12.1 Å². The zero-order chi connectivity index (χ0) is 24.2. The Labute approximate surface area is 202 Å². The van der Waals surface area contributed by atoms with Gasteiger partial charge in [0, 0.05) is 11.5 Å². The topological polar surface area (TPSA) is 127 Å². The first-order chi connectivity index (χ1) is 16.3. The number of aliphatic hydroxyl groups excluding tert-OH is 1. The molecule has 0 amide bonds. The molecule has 1 unspecified atom stereocenters. The summed E-state index contributed by atoms with van der Waals surface area (Å²) in [4.78, 5) is 31.4. The number of fused-ring (bicyclic) bond motifs is 1. The van der Waals surface area contributed by atoms with Gasteiger partial charge in [0.15, 0.2) is 11.2 Å². The van der Waals surface area contributed by atoms with Crippen molar-refractivity contribution >= 4 is 38.8 Å². The Morgan fingerprint density at radius 3 is 2.62 bits per heavy atom. The predicted octanol–water partition coefficient (Wildman–Crippen LogP) is 2.46. The fourth-order valence-electron chi connectivity index (χ4n) is 3.36. The van der Waals surface area contributed by atoms with E-state index >= 15 is 0 Å². The number of ether oxygens (including phenoxy) is 1. The van der Waals surface area contributed by atoms with Gasteiger partial charge in [-0.1, -0.05) is 46.3 Å². The molecule has 2 aromatic carbocycles. The number of benzene rings is 2. The highest BCUT2D eigenvalue weighted by Gasteiger charge is 2.20. The van der Waals surface area contributed by atoms with Crippen LogP contribution in [0.1, 0.15) is 12.5 Å². The second kappa shape index (κ2) is 10.1. The van der Waals surface area contributed by atoms with Crippen LogP contribution in [-0.4, -0.2) is 42.6 Å². The summed E-state index contributed by atoms with van der Waals surface area (Å²) in [5, 5.41) is 15.0. The highest BCUT2D eigenvalue weighted by molar-refractivity contribution is 9.10. The summed E-state index contributed by atoms with van der Waals surface area (Å²) in [7, 11) is 1.51. The van der Waals surface area contributed by atoms with Gasteiger partial charge in [0.05, 0.1) is 12.3 Å². The minimum atomic E-state index is -0.966. The van der Waals surface area contributed by atoms with Gasteiger partial charge < -0.3 is 14.4 Å². The molecule has 0 saturated carbocycles. The molecule has 0 fully saturated rings. The van der Waals surface area contributed by atoms with Gasteiger partial charge in [-0.25, -0.2) is 10.2 Å². The van der Waals surface area contributed by atoms with Crippen LogP contribution in [0.4, 0.5) is 5.95 Å². The molecule has 10 nitrogen and oxygen atoms in total. The van der Waals surface area contributed by atoms with E-state index in [9.17, 15) is 14.7 Å². The lowest BCUT2D eigenvalue weighted by Gasteiger charge is -2.15. The Bertz CT molecular complexity index is 1440. The van der Waals surface area contributed by atoms with Crippen LogP contribution < -0.4 is 21.4 Å². The fourth-order valence-corrected chi connectivity index (χ4v) is 3.62. The summed E-state index contributed by atoms with van der Waals surface area (Å²) in [6, 6.07) is 16.7. The van der Waals surface area contributed by atoms with E-state index in [0.717, 1.165) is 10.0 Å². The predicted molar refractivity (Wildman–Crippen MR) is 134 cm³/mol. The first kappa shape index (κ1) is 23.5. The average molecular weight is 527 g/mol. The molecule has 11 heteroatoms. The van der Waals surface area contributed by atoms with Crippen molar-refractivity contribution in [1.82, 2.24) is 19.1 Å². The van der Waals surface area contributed by atoms with E-state index < -0.39 is 17.4 Å². The molecule has 0 saturated heterocycles. The number of hydrogen-bond donors (Lipinski definition) is 3. The van der Waals surface area contributed by atoms with Gasteiger partial charge in [-0.3, -0.25) is 14.3 Å². The number of imidazole rings is 1. The highest BCUT2D eigenvalue weighted by atomic mass is 79.9. The number of hydrazone groups is 1. The lowest BCUT2D eigenvalue weighted by atomic mass is 10.1. The van der Waals surface area contributed by atoms with Crippen LogP contribution in [0, 0.1) is 0 Å². The molecule has 2 heterocycles. The van der Waals surface area contributed by atoms with Gasteiger partial charge in [-0.05, 0) is 36.8 Å². The fraction of sp³-hybridized carbons (Fsp3) is 0.217. The molecule has 0 bridgehead atoms. The van der Waals surface area contributed by atoms with Crippen LogP contribution in [-0.2, 0) is 13.6 Å². The number of nitrogens with one attached hydrogen (secondary N) is 2. The number of halogens is 1. The van der Waals surface area contributed by atoms with Crippen molar-refractivity contribution in [3.8, 4) is 5.75 Å². The molecule has 0 spiro atoms. The molecule has 2 aromatic heterocycles. The Hall–Kier alpha value is -3.70. The molecule has 176 valence electrons. The number of H-pyrrole nitrogens is 1. The number of anilines is 1. The van der Waals surface area contributed by atoms with Crippen molar-refractivity contribution in [3.63, 3.8) is 0 Å². The third-order valence-corrected chi connectivity index (χ3v) is 5.70. The van der Waals surface area contributed by atoms with E-state index in [1.807, 2.05) is 49.4 Å². The number of nitrogens with zero attached hydrogens (tertiary/aromatic N) is 4. The maximum atomic E-state index is 12.6. The van der Waals surface area contributed by atoms with Crippen LogP contribution in [0.3, 0.4) is 0 Å². The quantitative estimate of drug-likeness (QED) is 0.239. The first-order valence-electron chi connectivity index (χ1n) is 10.4. The lowest BCUT2D eigenvalue weighted by Crippen LogP contribution is -2.30. The van der Waals surface area contributed by atoms with E-state index in [2.05, 4.69) is 36.4 Å². The van der Waals surface area contributed by atoms with Crippen LogP contribution in [0.15, 0.2) is 73.8 Å². The minimum Gasteiger partial charge on any atom is -0.491 e. The van der Waals surface area contributed by atoms with E-state index in [4.69, 9.17) is 4.74 Å². The number of aromatic nitrogens is 4. The number of para-hydroxylation sites is 1. The summed E-state index contributed by atoms with van der Waals surface area (Å²) >= 11 is 3.41. The van der Waals surface area contributed by atoms with Crippen molar-refractivity contribution in [3.05, 3.63) is 85.5 Å². The summed E-state index contributed by atoms with van der Waals surface area (Å²) in [5.74, 6) is 0.822. The van der Waals surface area contributed by atoms with Crippen LogP contribution in [0.5, 0.6) is 5.75 Å². The number of aromatic amines is 1. The Morgan fingerprint density at radius 1 is 1.21 bits per heavy atom. The van der Waals surface area contributed by atoms with Gasteiger partial charge in [-0.15, -0.1) is 0 Å². The Balaban J connectivity index is 1.65. The lowest BCUT2D eigenvalue weighted by molar-refractivity contribution is 0.0938. The van der Waals surface area contributed by atoms with Crippen LogP contribution in [0.25, 0.3) is 11.2 Å². The summed E-state index contributed by atoms with van der Waals surface area (Å²) in [5.41, 5.74) is 3.56. The van der Waals surface area contributed by atoms with Gasteiger partial charge in [-0.2, -0.15) is 10.1 Å². The smallest absolute Gasteiger partial charge is 0.329 e. The Kier molecular flexibility index (Phi) is 6.94. The number of hydrogen-bond acceptors (Lipinski definition) is 7.